The number of nitrogens with one attached hydrogen (secondary N) is 1. The topological polar surface area (TPSA) is 82.0 Å². The summed E-state index contributed by atoms with van der Waals surface area (Å²) in [7, 11) is 0. The number of hydrogen-bond acceptors (Lipinski definition) is 5. The second-order valence-electron chi connectivity index (χ2n) is 12.9. The van der Waals surface area contributed by atoms with Crippen molar-refractivity contribution in [1.29, 1.82) is 0 Å². The summed E-state index contributed by atoms with van der Waals surface area (Å²) in [6.45, 7) is 10.5. The van der Waals surface area contributed by atoms with Crippen LogP contribution in [0.25, 0.3) is 0 Å². The molecular formula is C27H43NO4. The zero-order valence-electron chi connectivity index (χ0n) is 20.3. The van der Waals surface area contributed by atoms with Gasteiger partial charge in [0.2, 0.25) is 0 Å². The number of allylic oxidation sites excluding steroid dienone is 1. The van der Waals surface area contributed by atoms with Crippen LogP contribution in [0.2, 0.25) is 0 Å². The molecule has 6 rings (SSSR count). The maximum Gasteiger partial charge on any atom is 0.0937 e. The number of ether oxygens (including phenoxy) is 1. The van der Waals surface area contributed by atoms with E-state index in [-0.39, 0.29) is 23.0 Å². The van der Waals surface area contributed by atoms with E-state index >= 15 is 0 Å². The lowest BCUT2D eigenvalue weighted by molar-refractivity contribution is -0.165. The van der Waals surface area contributed by atoms with Gasteiger partial charge in [0.05, 0.1) is 30.0 Å². The zero-order chi connectivity index (χ0) is 22.6. The van der Waals surface area contributed by atoms with Crippen LogP contribution < -0.4 is 5.32 Å². The highest BCUT2D eigenvalue weighted by Crippen LogP contribution is 2.66. The van der Waals surface area contributed by atoms with Crippen molar-refractivity contribution >= 4 is 0 Å². The number of piperidine rings is 1. The molecule has 0 radical (unpaired) electrons. The molecule has 3 saturated carbocycles. The molecule has 0 aromatic heterocycles. The summed E-state index contributed by atoms with van der Waals surface area (Å²) in [5, 5.41) is 35.9. The van der Waals surface area contributed by atoms with Crippen molar-refractivity contribution in [3.05, 3.63) is 11.1 Å². The Morgan fingerprint density at radius 3 is 2.56 bits per heavy atom. The van der Waals surface area contributed by atoms with Crippen LogP contribution in [0.1, 0.15) is 72.6 Å². The summed E-state index contributed by atoms with van der Waals surface area (Å²) in [6, 6.07) is 0.459. The molecule has 180 valence electrons. The molecule has 13 atom stereocenters. The molecule has 5 nitrogen and oxygen atoms in total. The number of rotatable bonds is 0. The summed E-state index contributed by atoms with van der Waals surface area (Å²) in [5.74, 6) is 2.77. The van der Waals surface area contributed by atoms with Crippen molar-refractivity contribution in [3.63, 3.8) is 0 Å². The van der Waals surface area contributed by atoms with E-state index < -0.39 is 12.2 Å². The molecule has 32 heavy (non-hydrogen) atoms. The van der Waals surface area contributed by atoms with Gasteiger partial charge in [-0.2, -0.15) is 0 Å². The molecule has 5 heteroatoms. The SMILES string of the molecule is CC1=C2C[C@H]3[C@@H](C[C@@H](O)[C@H]4C[C@H](O)[C@@H](O)C[C@@]43C)[C@@H]2CC[C@]12O[C@@H]1C[C@H](C)CN[C@H]1[C@H]2C. The number of hydrogen-bond donors (Lipinski definition) is 4. The third-order valence-electron chi connectivity index (χ3n) is 11.5. The van der Waals surface area contributed by atoms with Crippen LogP contribution in [-0.4, -0.2) is 57.9 Å². The third-order valence-corrected chi connectivity index (χ3v) is 11.5. The highest BCUT2D eigenvalue weighted by atomic mass is 16.5. The van der Waals surface area contributed by atoms with E-state index in [1.807, 2.05) is 0 Å². The average molecular weight is 446 g/mol. The van der Waals surface area contributed by atoms with E-state index in [0.29, 0.717) is 54.6 Å². The Balaban J connectivity index is 1.35. The van der Waals surface area contributed by atoms with Crippen LogP contribution in [0.4, 0.5) is 0 Å². The summed E-state index contributed by atoms with van der Waals surface area (Å²) in [6.07, 6.45) is 5.08. The maximum atomic E-state index is 11.1. The molecule has 6 aliphatic rings. The molecule has 2 saturated heterocycles. The summed E-state index contributed by atoms with van der Waals surface area (Å²) in [5.41, 5.74) is 2.86. The van der Waals surface area contributed by atoms with Gasteiger partial charge < -0.3 is 25.4 Å². The van der Waals surface area contributed by atoms with Crippen LogP contribution in [0.5, 0.6) is 0 Å². The number of fused-ring (bicyclic) bond motifs is 6. The van der Waals surface area contributed by atoms with Gasteiger partial charge in [0.1, 0.15) is 0 Å². The number of aliphatic hydroxyl groups excluding tert-OH is 3. The minimum absolute atomic E-state index is 0.0902. The smallest absolute Gasteiger partial charge is 0.0937 e. The lowest BCUT2D eigenvalue weighted by Gasteiger charge is -2.56. The fourth-order valence-electron chi connectivity index (χ4n) is 9.77. The fraction of sp³-hybridized carbons (Fsp3) is 0.926. The lowest BCUT2D eigenvalue weighted by Crippen LogP contribution is -2.56. The molecule has 4 aliphatic carbocycles. The molecule has 2 heterocycles. The summed E-state index contributed by atoms with van der Waals surface area (Å²) >= 11 is 0. The van der Waals surface area contributed by atoms with Crippen LogP contribution in [0.3, 0.4) is 0 Å². The van der Waals surface area contributed by atoms with E-state index in [1.54, 1.807) is 5.57 Å². The average Bonchev–Trinajstić information content (AvgIpc) is 3.24. The minimum atomic E-state index is -0.696. The monoisotopic (exact) mass is 445 g/mol. The first-order chi connectivity index (χ1) is 15.2. The molecular weight excluding hydrogens is 402 g/mol. The maximum absolute atomic E-state index is 11.1. The third kappa shape index (κ3) is 2.81. The molecule has 0 amide bonds. The van der Waals surface area contributed by atoms with Crippen molar-refractivity contribution in [2.75, 3.05) is 6.54 Å². The van der Waals surface area contributed by atoms with Gasteiger partial charge in [0, 0.05) is 12.0 Å². The molecule has 1 spiro atoms. The van der Waals surface area contributed by atoms with Crippen LogP contribution in [0.15, 0.2) is 11.1 Å². The predicted octanol–water partition coefficient (Wildman–Crippen LogP) is 3.02. The van der Waals surface area contributed by atoms with Gasteiger partial charge in [0.15, 0.2) is 0 Å². The number of aliphatic hydroxyl groups is 3. The van der Waals surface area contributed by atoms with Gasteiger partial charge in [-0.1, -0.05) is 26.3 Å². The molecule has 2 aliphatic heterocycles. The Morgan fingerprint density at radius 2 is 1.78 bits per heavy atom. The van der Waals surface area contributed by atoms with Crippen molar-refractivity contribution < 1.29 is 20.1 Å². The second-order valence-corrected chi connectivity index (χ2v) is 12.9. The molecule has 0 aromatic carbocycles. The Morgan fingerprint density at radius 1 is 1.00 bits per heavy atom. The standard InChI is InChI=1S/C27H43NO4/c1-13-7-24-25(28-12-13)15(3)27(32-24)6-5-16-17(14(27)2)8-19-18(16)9-21(29)20-10-22(30)23(31)11-26(19,20)4/h13,15-16,18-25,28-31H,5-12H2,1-4H3/t13-,15+,16+,18-,19-,20+,21+,22-,23-,24+,25-,26+,27-/m0/s1. The van der Waals surface area contributed by atoms with Crippen LogP contribution in [0, 0.1) is 40.9 Å². The molecule has 0 unspecified atom stereocenters. The Kier molecular flexibility index (Phi) is 5.01. The first kappa shape index (κ1) is 22.0. The van der Waals surface area contributed by atoms with Crippen LogP contribution >= 0.6 is 0 Å². The summed E-state index contributed by atoms with van der Waals surface area (Å²) in [4.78, 5) is 0. The van der Waals surface area contributed by atoms with E-state index in [9.17, 15) is 15.3 Å². The van der Waals surface area contributed by atoms with Gasteiger partial charge in [0.25, 0.3) is 0 Å². The van der Waals surface area contributed by atoms with Gasteiger partial charge in [-0.05, 0) is 99.0 Å². The predicted molar refractivity (Wildman–Crippen MR) is 123 cm³/mol. The van der Waals surface area contributed by atoms with Crippen molar-refractivity contribution in [3.8, 4) is 0 Å². The Labute approximate surface area is 193 Å². The van der Waals surface area contributed by atoms with Crippen molar-refractivity contribution in [2.24, 2.45) is 40.9 Å². The lowest BCUT2D eigenvalue weighted by atomic mass is 9.50. The fourth-order valence-corrected chi connectivity index (χ4v) is 9.77. The zero-order valence-corrected chi connectivity index (χ0v) is 20.3. The first-order valence-corrected chi connectivity index (χ1v) is 13.3. The van der Waals surface area contributed by atoms with E-state index in [1.165, 1.54) is 5.57 Å². The quantitative estimate of drug-likeness (QED) is 0.431. The van der Waals surface area contributed by atoms with E-state index in [0.717, 1.165) is 38.6 Å². The van der Waals surface area contributed by atoms with Crippen LogP contribution in [-0.2, 0) is 4.74 Å². The highest BCUT2D eigenvalue weighted by molar-refractivity contribution is 5.36. The first-order valence-electron chi connectivity index (χ1n) is 13.3. The normalized spacial score (nSPS) is 59.5. The Bertz CT molecular complexity index is 813. The molecule has 0 bridgehead atoms. The second kappa shape index (κ2) is 7.27. The minimum Gasteiger partial charge on any atom is -0.393 e. The summed E-state index contributed by atoms with van der Waals surface area (Å²) < 4.78 is 6.99. The Hall–Kier alpha value is -0.460. The van der Waals surface area contributed by atoms with E-state index in [2.05, 4.69) is 33.0 Å². The van der Waals surface area contributed by atoms with Gasteiger partial charge in [-0.25, -0.2) is 0 Å². The van der Waals surface area contributed by atoms with Crippen molar-refractivity contribution in [1.82, 2.24) is 5.32 Å². The van der Waals surface area contributed by atoms with Gasteiger partial charge in [-0.3, -0.25) is 0 Å². The highest BCUT2D eigenvalue weighted by Gasteiger charge is 2.63. The van der Waals surface area contributed by atoms with E-state index in [4.69, 9.17) is 4.74 Å². The molecule has 5 fully saturated rings. The van der Waals surface area contributed by atoms with Crippen molar-refractivity contribution in [2.45, 2.75) is 109 Å². The largest absolute Gasteiger partial charge is 0.393 e. The molecule has 0 aromatic rings. The molecule has 4 N–H and O–H groups in total. The van der Waals surface area contributed by atoms with Gasteiger partial charge >= 0.3 is 0 Å². The van der Waals surface area contributed by atoms with Gasteiger partial charge in [-0.15, -0.1) is 0 Å².